The monoisotopic (exact) mass is 294 g/mol. The Morgan fingerprint density at radius 2 is 2.30 bits per heavy atom. The maximum Gasteiger partial charge on any atom is 0.107 e. The van der Waals surface area contributed by atoms with E-state index in [1.165, 1.54) is 17.8 Å². The number of ether oxygens (including phenoxy) is 2. The molecular formula is C15H22N2O2S. The highest BCUT2D eigenvalue weighted by molar-refractivity contribution is 7.09. The SMILES string of the molecule is c1csc(CN2CC[C@@H](OCC3CC3)[C@H]3OCC[C@@H]32)n1. The summed E-state index contributed by atoms with van der Waals surface area (Å²) < 4.78 is 12.1. The van der Waals surface area contributed by atoms with Crippen molar-refractivity contribution < 1.29 is 9.47 Å². The molecule has 0 spiro atoms. The Morgan fingerprint density at radius 3 is 3.10 bits per heavy atom. The van der Waals surface area contributed by atoms with E-state index in [1.807, 2.05) is 6.20 Å². The van der Waals surface area contributed by atoms with E-state index in [1.54, 1.807) is 11.3 Å². The Kier molecular flexibility index (Phi) is 3.77. The molecule has 110 valence electrons. The van der Waals surface area contributed by atoms with Gasteiger partial charge in [-0.15, -0.1) is 11.3 Å². The van der Waals surface area contributed by atoms with Crippen LogP contribution in [-0.4, -0.2) is 47.9 Å². The zero-order valence-corrected chi connectivity index (χ0v) is 12.6. The number of hydrogen-bond acceptors (Lipinski definition) is 5. The van der Waals surface area contributed by atoms with Crippen LogP contribution in [-0.2, 0) is 16.0 Å². The maximum absolute atomic E-state index is 6.14. The quantitative estimate of drug-likeness (QED) is 0.834. The molecule has 20 heavy (non-hydrogen) atoms. The molecule has 1 aromatic heterocycles. The van der Waals surface area contributed by atoms with Gasteiger partial charge in [-0.3, -0.25) is 4.90 Å². The molecule has 5 heteroatoms. The van der Waals surface area contributed by atoms with E-state index in [2.05, 4.69) is 15.3 Å². The van der Waals surface area contributed by atoms with Crippen LogP contribution in [0, 0.1) is 5.92 Å². The molecule has 0 radical (unpaired) electrons. The molecule has 2 saturated heterocycles. The van der Waals surface area contributed by atoms with Gasteiger partial charge in [0, 0.05) is 37.4 Å². The van der Waals surface area contributed by atoms with Gasteiger partial charge in [0.1, 0.15) is 5.01 Å². The molecule has 0 bridgehead atoms. The standard InChI is InChI=1S/C15H22N2O2S/c1-2-11(1)10-19-13-3-6-17(9-14-16-5-8-20-14)12-4-7-18-15(12)13/h5,8,11-13,15H,1-4,6-7,9-10H2/t12-,13+,15-/m0/s1. The number of aromatic nitrogens is 1. The summed E-state index contributed by atoms with van der Waals surface area (Å²) in [4.78, 5) is 6.97. The molecule has 4 nitrogen and oxygen atoms in total. The molecule has 0 N–H and O–H groups in total. The maximum atomic E-state index is 6.14. The average Bonchev–Trinajstić information content (AvgIpc) is 2.93. The first-order chi connectivity index (χ1) is 9.90. The van der Waals surface area contributed by atoms with Gasteiger partial charge in [-0.25, -0.2) is 4.98 Å². The van der Waals surface area contributed by atoms with Crippen molar-refractivity contribution >= 4 is 11.3 Å². The Bertz CT molecular complexity index is 435. The van der Waals surface area contributed by atoms with Gasteiger partial charge >= 0.3 is 0 Å². The second kappa shape index (κ2) is 5.72. The number of rotatable bonds is 5. The fourth-order valence-electron chi connectivity index (χ4n) is 3.39. The molecule has 2 aliphatic heterocycles. The largest absolute Gasteiger partial charge is 0.375 e. The zero-order valence-electron chi connectivity index (χ0n) is 11.7. The Morgan fingerprint density at radius 1 is 1.35 bits per heavy atom. The van der Waals surface area contributed by atoms with Crippen LogP contribution in [0.25, 0.3) is 0 Å². The van der Waals surface area contributed by atoms with Crippen molar-refractivity contribution in [2.24, 2.45) is 5.92 Å². The predicted octanol–water partition coefficient (Wildman–Crippen LogP) is 2.30. The van der Waals surface area contributed by atoms with Gasteiger partial charge in [0.05, 0.1) is 18.8 Å². The third-order valence-electron chi connectivity index (χ3n) is 4.70. The number of nitrogens with zero attached hydrogens (tertiary/aromatic N) is 2. The van der Waals surface area contributed by atoms with Crippen LogP contribution in [0.1, 0.15) is 30.7 Å². The highest BCUT2D eigenvalue weighted by Crippen LogP contribution is 2.34. The van der Waals surface area contributed by atoms with Crippen molar-refractivity contribution in [3.63, 3.8) is 0 Å². The lowest BCUT2D eigenvalue weighted by Gasteiger charge is -2.40. The molecule has 4 rings (SSSR count). The van der Waals surface area contributed by atoms with Crippen molar-refractivity contribution in [1.29, 1.82) is 0 Å². The van der Waals surface area contributed by atoms with Gasteiger partial charge in [0.15, 0.2) is 0 Å². The Labute approximate surface area is 124 Å². The van der Waals surface area contributed by atoms with Crippen LogP contribution < -0.4 is 0 Å². The molecule has 1 saturated carbocycles. The minimum absolute atomic E-state index is 0.280. The molecule has 1 aliphatic carbocycles. The fourth-order valence-corrected chi connectivity index (χ4v) is 4.03. The smallest absolute Gasteiger partial charge is 0.107 e. The number of fused-ring (bicyclic) bond motifs is 1. The predicted molar refractivity (Wildman–Crippen MR) is 77.8 cm³/mol. The summed E-state index contributed by atoms with van der Waals surface area (Å²) in [6, 6.07) is 0.525. The lowest BCUT2D eigenvalue weighted by molar-refractivity contribution is -0.102. The second-order valence-electron chi connectivity index (χ2n) is 6.19. The average molecular weight is 294 g/mol. The molecule has 3 fully saturated rings. The van der Waals surface area contributed by atoms with E-state index in [0.717, 1.165) is 45.1 Å². The van der Waals surface area contributed by atoms with E-state index in [0.29, 0.717) is 12.1 Å². The van der Waals surface area contributed by atoms with Gasteiger partial charge in [0.2, 0.25) is 0 Å². The molecule has 3 heterocycles. The normalized spacial score (nSPS) is 34.3. The van der Waals surface area contributed by atoms with Crippen LogP contribution in [0.2, 0.25) is 0 Å². The highest BCUT2D eigenvalue weighted by atomic mass is 32.1. The molecule has 0 amide bonds. The second-order valence-corrected chi connectivity index (χ2v) is 7.17. The number of thiazole rings is 1. The van der Waals surface area contributed by atoms with Gasteiger partial charge in [-0.2, -0.15) is 0 Å². The van der Waals surface area contributed by atoms with E-state index in [9.17, 15) is 0 Å². The van der Waals surface area contributed by atoms with Gasteiger partial charge < -0.3 is 9.47 Å². The lowest BCUT2D eigenvalue weighted by Crippen LogP contribution is -2.52. The Hall–Kier alpha value is -0.490. The topological polar surface area (TPSA) is 34.6 Å². The van der Waals surface area contributed by atoms with Crippen molar-refractivity contribution in [3.8, 4) is 0 Å². The van der Waals surface area contributed by atoms with Crippen LogP contribution in [0.3, 0.4) is 0 Å². The first kappa shape index (κ1) is 13.2. The molecule has 0 aromatic carbocycles. The van der Waals surface area contributed by atoms with E-state index < -0.39 is 0 Å². The minimum Gasteiger partial charge on any atom is -0.375 e. The van der Waals surface area contributed by atoms with E-state index in [4.69, 9.17) is 9.47 Å². The third kappa shape index (κ3) is 2.77. The Balaban J connectivity index is 1.38. The zero-order chi connectivity index (χ0) is 13.4. The first-order valence-electron chi connectivity index (χ1n) is 7.76. The number of piperidine rings is 1. The van der Waals surface area contributed by atoms with Crippen LogP contribution in [0.5, 0.6) is 0 Å². The van der Waals surface area contributed by atoms with Gasteiger partial charge in [0.25, 0.3) is 0 Å². The highest BCUT2D eigenvalue weighted by Gasteiger charge is 2.43. The molecule has 0 unspecified atom stereocenters. The summed E-state index contributed by atoms with van der Waals surface area (Å²) in [6.07, 6.45) is 7.45. The van der Waals surface area contributed by atoms with Crippen molar-refractivity contribution in [1.82, 2.24) is 9.88 Å². The molecule has 3 atom stereocenters. The third-order valence-corrected chi connectivity index (χ3v) is 5.47. The lowest BCUT2D eigenvalue weighted by atomic mass is 9.95. The molecule has 1 aromatic rings. The van der Waals surface area contributed by atoms with Crippen molar-refractivity contribution in [2.75, 3.05) is 19.8 Å². The van der Waals surface area contributed by atoms with Gasteiger partial charge in [-0.05, 0) is 31.6 Å². The van der Waals surface area contributed by atoms with Crippen LogP contribution >= 0.6 is 11.3 Å². The summed E-state index contributed by atoms with van der Waals surface area (Å²) in [7, 11) is 0. The molecule has 3 aliphatic rings. The first-order valence-corrected chi connectivity index (χ1v) is 8.64. The summed E-state index contributed by atoms with van der Waals surface area (Å²) in [5.74, 6) is 0.836. The van der Waals surface area contributed by atoms with E-state index in [-0.39, 0.29) is 6.10 Å². The summed E-state index contributed by atoms with van der Waals surface area (Å²) in [5.41, 5.74) is 0. The van der Waals surface area contributed by atoms with Gasteiger partial charge in [-0.1, -0.05) is 0 Å². The molecular weight excluding hydrogens is 272 g/mol. The van der Waals surface area contributed by atoms with Crippen molar-refractivity contribution in [3.05, 3.63) is 16.6 Å². The summed E-state index contributed by atoms with van der Waals surface area (Å²) in [6.45, 7) is 3.91. The number of likely N-dealkylation sites (tertiary alicyclic amines) is 1. The summed E-state index contributed by atoms with van der Waals surface area (Å²) >= 11 is 1.75. The van der Waals surface area contributed by atoms with Crippen molar-refractivity contribution in [2.45, 2.75) is 50.5 Å². The number of hydrogen-bond donors (Lipinski definition) is 0. The minimum atomic E-state index is 0.280. The van der Waals surface area contributed by atoms with E-state index >= 15 is 0 Å². The fraction of sp³-hybridized carbons (Fsp3) is 0.800. The van der Waals surface area contributed by atoms with Crippen LogP contribution in [0.4, 0.5) is 0 Å². The summed E-state index contributed by atoms with van der Waals surface area (Å²) in [5, 5.41) is 3.27. The van der Waals surface area contributed by atoms with Crippen LogP contribution in [0.15, 0.2) is 11.6 Å².